The molecular weight excluding hydrogens is 196 g/mol. The molecule has 1 aliphatic rings. The Hall–Kier alpha value is -0.220. The number of carbonyl (C=O) groups excluding carboxylic acids is 1. The van der Waals surface area contributed by atoms with Crippen molar-refractivity contribution in [1.82, 2.24) is 4.90 Å². The van der Waals surface area contributed by atoms with Gasteiger partial charge in [0.1, 0.15) is 0 Å². The summed E-state index contributed by atoms with van der Waals surface area (Å²) in [6.45, 7) is 3.81. The Morgan fingerprint density at radius 1 is 1.71 bits per heavy atom. The van der Waals surface area contributed by atoms with Crippen LogP contribution in [-0.2, 0) is 4.79 Å². The van der Waals surface area contributed by atoms with Crippen molar-refractivity contribution in [3.8, 4) is 0 Å². The zero-order chi connectivity index (χ0) is 10.6. The summed E-state index contributed by atoms with van der Waals surface area (Å²) in [5.41, 5.74) is 5.86. The number of piperidine rings is 1. The summed E-state index contributed by atoms with van der Waals surface area (Å²) in [7, 11) is 0. The molecule has 0 radical (unpaired) electrons. The molecule has 2 atom stereocenters. The molecule has 1 saturated heterocycles. The van der Waals surface area contributed by atoms with Gasteiger partial charge in [-0.05, 0) is 31.9 Å². The van der Waals surface area contributed by atoms with Crippen molar-refractivity contribution < 1.29 is 4.79 Å². The minimum absolute atomic E-state index is 0.208. The second-order valence-corrected chi connectivity index (χ2v) is 4.90. The number of rotatable bonds is 3. The fourth-order valence-corrected chi connectivity index (χ4v) is 2.31. The van der Waals surface area contributed by atoms with Gasteiger partial charge in [-0.15, -0.1) is 0 Å². The number of nitrogens with two attached hydrogens (primary N) is 1. The Bertz CT molecular complexity index is 197. The van der Waals surface area contributed by atoms with Gasteiger partial charge in [0.05, 0.1) is 5.75 Å². The summed E-state index contributed by atoms with van der Waals surface area (Å²) < 4.78 is 0. The maximum Gasteiger partial charge on any atom is 0.232 e. The minimum Gasteiger partial charge on any atom is -0.342 e. The van der Waals surface area contributed by atoms with Crippen LogP contribution in [0.15, 0.2) is 0 Å². The summed E-state index contributed by atoms with van der Waals surface area (Å²) in [4.78, 5) is 13.6. The predicted octanol–water partition coefficient (Wildman–Crippen LogP) is 0.935. The van der Waals surface area contributed by atoms with Gasteiger partial charge in [-0.3, -0.25) is 4.79 Å². The van der Waals surface area contributed by atoms with E-state index in [0.717, 1.165) is 19.5 Å². The van der Waals surface area contributed by atoms with E-state index in [9.17, 15) is 4.79 Å². The molecule has 0 aromatic rings. The van der Waals surface area contributed by atoms with Crippen LogP contribution in [0.1, 0.15) is 19.8 Å². The van der Waals surface area contributed by atoms with Gasteiger partial charge < -0.3 is 10.6 Å². The maximum atomic E-state index is 11.6. The molecule has 0 saturated carbocycles. The largest absolute Gasteiger partial charge is 0.342 e. The lowest BCUT2D eigenvalue weighted by Gasteiger charge is -2.34. The van der Waals surface area contributed by atoms with Crippen LogP contribution in [0.3, 0.4) is 0 Å². The third kappa shape index (κ3) is 3.17. The summed E-state index contributed by atoms with van der Waals surface area (Å²) in [5.74, 6) is 1.36. The summed E-state index contributed by atoms with van der Waals surface area (Å²) in [6.07, 6.45) is 4.23. The Balaban J connectivity index is 2.43. The normalized spacial score (nSPS) is 24.8. The van der Waals surface area contributed by atoms with E-state index in [2.05, 4.69) is 0 Å². The van der Waals surface area contributed by atoms with E-state index in [1.807, 2.05) is 18.1 Å². The van der Waals surface area contributed by atoms with Crippen molar-refractivity contribution in [2.45, 2.75) is 25.8 Å². The third-order valence-corrected chi connectivity index (χ3v) is 3.36. The zero-order valence-corrected chi connectivity index (χ0v) is 9.85. The second kappa shape index (κ2) is 5.61. The van der Waals surface area contributed by atoms with Gasteiger partial charge in [-0.1, -0.05) is 0 Å². The third-order valence-electron chi connectivity index (χ3n) is 2.82. The lowest BCUT2D eigenvalue weighted by molar-refractivity contribution is -0.130. The Kier molecular flexibility index (Phi) is 4.75. The van der Waals surface area contributed by atoms with Gasteiger partial charge in [0, 0.05) is 19.1 Å². The van der Waals surface area contributed by atoms with Crippen molar-refractivity contribution in [1.29, 1.82) is 0 Å². The first-order valence-corrected chi connectivity index (χ1v) is 6.57. The molecule has 0 aromatic carbocycles. The van der Waals surface area contributed by atoms with E-state index >= 15 is 0 Å². The van der Waals surface area contributed by atoms with Crippen molar-refractivity contribution in [2.75, 3.05) is 25.1 Å². The fraction of sp³-hybridized carbons (Fsp3) is 0.900. The number of amides is 1. The predicted molar refractivity (Wildman–Crippen MR) is 61.3 cm³/mol. The molecule has 2 N–H and O–H groups in total. The van der Waals surface area contributed by atoms with Crippen LogP contribution in [-0.4, -0.2) is 41.9 Å². The van der Waals surface area contributed by atoms with Crippen molar-refractivity contribution in [2.24, 2.45) is 11.7 Å². The number of carbonyl (C=O) groups is 1. The van der Waals surface area contributed by atoms with E-state index in [4.69, 9.17) is 5.73 Å². The molecule has 1 amide bonds. The summed E-state index contributed by atoms with van der Waals surface area (Å²) in [5, 5.41) is 0. The van der Waals surface area contributed by atoms with E-state index in [1.165, 1.54) is 6.42 Å². The molecule has 0 aliphatic carbocycles. The van der Waals surface area contributed by atoms with Gasteiger partial charge in [-0.2, -0.15) is 11.8 Å². The van der Waals surface area contributed by atoms with Crippen LogP contribution < -0.4 is 5.73 Å². The molecule has 0 bridgehead atoms. The Morgan fingerprint density at radius 3 is 3.00 bits per heavy atom. The Morgan fingerprint density at radius 2 is 2.43 bits per heavy atom. The van der Waals surface area contributed by atoms with Gasteiger partial charge >= 0.3 is 0 Å². The minimum atomic E-state index is 0.208. The highest BCUT2D eigenvalue weighted by Crippen LogP contribution is 2.19. The SMILES string of the molecule is CSCC(=O)N1CCCC(C(C)N)C1. The highest BCUT2D eigenvalue weighted by molar-refractivity contribution is 7.99. The van der Waals surface area contributed by atoms with Gasteiger partial charge in [-0.25, -0.2) is 0 Å². The van der Waals surface area contributed by atoms with E-state index in [-0.39, 0.29) is 11.9 Å². The van der Waals surface area contributed by atoms with E-state index < -0.39 is 0 Å². The molecular formula is C10H20N2OS. The molecule has 1 rings (SSSR count). The molecule has 14 heavy (non-hydrogen) atoms. The first-order chi connectivity index (χ1) is 6.65. The fourth-order valence-electron chi connectivity index (χ4n) is 1.88. The van der Waals surface area contributed by atoms with E-state index in [1.54, 1.807) is 11.8 Å². The first-order valence-electron chi connectivity index (χ1n) is 5.17. The van der Waals surface area contributed by atoms with Crippen LogP contribution >= 0.6 is 11.8 Å². The second-order valence-electron chi connectivity index (χ2n) is 4.03. The van der Waals surface area contributed by atoms with Crippen molar-refractivity contribution >= 4 is 17.7 Å². The number of hydrogen-bond donors (Lipinski definition) is 1. The molecule has 2 unspecified atom stereocenters. The topological polar surface area (TPSA) is 46.3 Å². The van der Waals surface area contributed by atoms with Crippen molar-refractivity contribution in [3.63, 3.8) is 0 Å². The maximum absolute atomic E-state index is 11.6. The smallest absolute Gasteiger partial charge is 0.232 e. The van der Waals surface area contributed by atoms with Crippen molar-refractivity contribution in [3.05, 3.63) is 0 Å². The molecule has 1 aliphatic heterocycles. The average molecular weight is 216 g/mol. The van der Waals surface area contributed by atoms with Gasteiger partial charge in [0.25, 0.3) is 0 Å². The standard InChI is InChI=1S/C10H20N2OS/c1-8(11)9-4-3-5-12(6-9)10(13)7-14-2/h8-9H,3-7,11H2,1-2H3. The molecule has 1 heterocycles. The highest BCUT2D eigenvalue weighted by Gasteiger charge is 2.25. The molecule has 3 nitrogen and oxygen atoms in total. The quantitative estimate of drug-likeness (QED) is 0.763. The molecule has 0 spiro atoms. The van der Waals surface area contributed by atoms with Crippen LogP contribution in [0.4, 0.5) is 0 Å². The zero-order valence-electron chi connectivity index (χ0n) is 9.03. The summed E-state index contributed by atoms with van der Waals surface area (Å²) >= 11 is 1.59. The number of nitrogens with zero attached hydrogens (tertiary/aromatic N) is 1. The molecule has 4 heteroatoms. The van der Waals surface area contributed by atoms with Crippen LogP contribution in [0.5, 0.6) is 0 Å². The van der Waals surface area contributed by atoms with Gasteiger partial charge in [0.15, 0.2) is 0 Å². The Labute approximate surface area is 90.4 Å². The summed E-state index contributed by atoms with van der Waals surface area (Å²) in [6, 6.07) is 0.208. The highest BCUT2D eigenvalue weighted by atomic mass is 32.2. The van der Waals surface area contributed by atoms with Crippen LogP contribution in [0.25, 0.3) is 0 Å². The molecule has 82 valence electrons. The molecule has 0 aromatic heterocycles. The van der Waals surface area contributed by atoms with Crippen LogP contribution in [0, 0.1) is 5.92 Å². The molecule has 1 fully saturated rings. The number of hydrogen-bond acceptors (Lipinski definition) is 3. The monoisotopic (exact) mass is 216 g/mol. The lowest BCUT2D eigenvalue weighted by atomic mass is 9.92. The number of likely N-dealkylation sites (tertiary alicyclic amines) is 1. The van der Waals surface area contributed by atoms with Gasteiger partial charge in [0.2, 0.25) is 5.91 Å². The van der Waals surface area contributed by atoms with Crippen LogP contribution in [0.2, 0.25) is 0 Å². The lowest BCUT2D eigenvalue weighted by Crippen LogP contribution is -2.45. The number of thioether (sulfide) groups is 1. The van der Waals surface area contributed by atoms with E-state index in [0.29, 0.717) is 11.7 Å². The first kappa shape index (κ1) is 11.9. The average Bonchev–Trinajstić information content (AvgIpc) is 2.18.